The average molecular weight is 312 g/mol. The molecule has 4 nitrogen and oxygen atoms in total. The Morgan fingerprint density at radius 1 is 1.05 bits per heavy atom. The van der Waals surface area contributed by atoms with E-state index in [1.165, 1.54) is 12.1 Å². The molecule has 0 bridgehead atoms. The number of carboxylic acid groups (broad SMARTS) is 1. The zero-order valence-electron chi connectivity index (χ0n) is 10.4. The van der Waals surface area contributed by atoms with Gasteiger partial charge < -0.3 is 10.4 Å². The van der Waals surface area contributed by atoms with E-state index in [1.54, 1.807) is 0 Å². The molecule has 7 heteroatoms. The Bertz CT molecular complexity index is 734. The zero-order chi connectivity index (χ0) is 15.6. The summed E-state index contributed by atoms with van der Waals surface area (Å²) < 4.78 is 26.5. The summed E-state index contributed by atoms with van der Waals surface area (Å²) in [7, 11) is 0. The monoisotopic (exact) mass is 311 g/mol. The van der Waals surface area contributed by atoms with E-state index in [2.05, 4.69) is 5.32 Å². The van der Waals surface area contributed by atoms with E-state index in [0.717, 1.165) is 24.3 Å². The first-order chi connectivity index (χ1) is 9.88. The molecule has 0 aromatic heterocycles. The number of anilines is 1. The van der Waals surface area contributed by atoms with Crippen molar-refractivity contribution in [2.75, 3.05) is 5.32 Å². The van der Waals surface area contributed by atoms with Crippen molar-refractivity contribution in [2.45, 2.75) is 0 Å². The van der Waals surface area contributed by atoms with Crippen LogP contribution in [0.1, 0.15) is 20.7 Å². The molecule has 0 radical (unpaired) electrons. The molecule has 2 rings (SSSR count). The van der Waals surface area contributed by atoms with Crippen LogP contribution in [0.5, 0.6) is 0 Å². The van der Waals surface area contributed by atoms with Gasteiger partial charge in [-0.2, -0.15) is 0 Å². The summed E-state index contributed by atoms with van der Waals surface area (Å²) in [4.78, 5) is 22.5. The van der Waals surface area contributed by atoms with E-state index in [-0.39, 0.29) is 16.3 Å². The molecule has 0 aliphatic rings. The molecule has 0 fully saturated rings. The maximum Gasteiger partial charge on any atom is 0.338 e. The fraction of sp³-hybridized carbons (Fsp3) is 0. The lowest BCUT2D eigenvalue weighted by Crippen LogP contribution is -2.12. The highest BCUT2D eigenvalue weighted by Gasteiger charge is 2.13. The van der Waals surface area contributed by atoms with Crippen LogP contribution in [0.15, 0.2) is 36.4 Å². The minimum atomic E-state index is -1.41. The number of benzene rings is 2. The number of rotatable bonds is 3. The van der Waals surface area contributed by atoms with E-state index in [1.807, 2.05) is 0 Å². The van der Waals surface area contributed by atoms with Crippen LogP contribution in [0.3, 0.4) is 0 Å². The fourth-order valence-electron chi connectivity index (χ4n) is 1.61. The highest BCUT2D eigenvalue weighted by Crippen LogP contribution is 2.19. The first-order valence-corrected chi connectivity index (χ1v) is 6.05. The van der Waals surface area contributed by atoms with Gasteiger partial charge >= 0.3 is 5.97 Å². The third-order valence-corrected chi connectivity index (χ3v) is 2.93. The van der Waals surface area contributed by atoms with Gasteiger partial charge in [0.25, 0.3) is 5.91 Å². The minimum absolute atomic E-state index is 0.0722. The molecule has 0 aliphatic carbocycles. The molecule has 2 aromatic carbocycles. The van der Waals surface area contributed by atoms with Gasteiger partial charge in [-0.15, -0.1) is 0 Å². The number of halogens is 3. The Morgan fingerprint density at radius 3 is 2.33 bits per heavy atom. The van der Waals surface area contributed by atoms with Crippen molar-refractivity contribution in [3.8, 4) is 0 Å². The number of carbonyl (C=O) groups is 2. The van der Waals surface area contributed by atoms with Crippen LogP contribution in [0, 0.1) is 11.6 Å². The summed E-state index contributed by atoms with van der Waals surface area (Å²) in [6.45, 7) is 0. The van der Waals surface area contributed by atoms with E-state index in [9.17, 15) is 18.4 Å². The van der Waals surface area contributed by atoms with Crippen molar-refractivity contribution in [2.24, 2.45) is 0 Å². The van der Waals surface area contributed by atoms with Crippen LogP contribution in [0.25, 0.3) is 0 Å². The van der Waals surface area contributed by atoms with Crippen LogP contribution in [0.4, 0.5) is 14.5 Å². The standard InChI is InChI=1S/C14H8ClF2NO3/c15-10-5-7(1-4-11(10)16)13(19)18-8-2-3-9(14(20)21)12(17)6-8/h1-6H,(H,18,19)(H,20,21). The second-order valence-electron chi connectivity index (χ2n) is 4.08. The largest absolute Gasteiger partial charge is 0.478 e. The van der Waals surface area contributed by atoms with Gasteiger partial charge in [0.1, 0.15) is 11.6 Å². The lowest BCUT2D eigenvalue weighted by molar-refractivity contribution is 0.0692. The van der Waals surface area contributed by atoms with E-state index >= 15 is 0 Å². The first kappa shape index (κ1) is 14.9. The zero-order valence-corrected chi connectivity index (χ0v) is 11.1. The molecule has 1 amide bonds. The molecule has 0 aliphatic heterocycles. The molecule has 21 heavy (non-hydrogen) atoms. The fourth-order valence-corrected chi connectivity index (χ4v) is 1.79. The van der Waals surface area contributed by atoms with Gasteiger partial charge in [-0.25, -0.2) is 13.6 Å². The van der Waals surface area contributed by atoms with E-state index in [4.69, 9.17) is 16.7 Å². The van der Waals surface area contributed by atoms with Gasteiger partial charge in [0, 0.05) is 11.3 Å². The molecule has 0 saturated heterocycles. The van der Waals surface area contributed by atoms with Crippen molar-refractivity contribution in [1.29, 1.82) is 0 Å². The van der Waals surface area contributed by atoms with Gasteiger partial charge in [0.05, 0.1) is 10.6 Å². The maximum atomic E-state index is 13.5. The predicted molar refractivity (Wildman–Crippen MR) is 72.7 cm³/mol. The third-order valence-electron chi connectivity index (χ3n) is 2.64. The highest BCUT2D eigenvalue weighted by atomic mass is 35.5. The number of nitrogens with one attached hydrogen (secondary N) is 1. The number of hydrogen-bond donors (Lipinski definition) is 2. The summed E-state index contributed by atoms with van der Waals surface area (Å²) >= 11 is 5.56. The van der Waals surface area contributed by atoms with Crippen molar-refractivity contribution < 1.29 is 23.5 Å². The molecular formula is C14H8ClF2NO3. The van der Waals surface area contributed by atoms with E-state index < -0.39 is 29.1 Å². The topological polar surface area (TPSA) is 66.4 Å². The smallest absolute Gasteiger partial charge is 0.338 e. The number of carboxylic acids is 1. The summed E-state index contributed by atoms with van der Waals surface area (Å²) in [5, 5.41) is 10.8. The molecule has 0 saturated carbocycles. The Morgan fingerprint density at radius 2 is 1.76 bits per heavy atom. The van der Waals surface area contributed by atoms with Crippen LogP contribution in [0.2, 0.25) is 5.02 Å². The van der Waals surface area contributed by atoms with Crippen LogP contribution in [-0.2, 0) is 0 Å². The molecule has 0 unspecified atom stereocenters. The third kappa shape index (κ3) is 3.35. The summed E-state index contributed by atoms with van der Waals surface area (Å²) in [5.74, 6) is -3.67. The minimum Gasteiger partial charge on any atom is -0.478 e. The van der Waals surface area contributed by atoms with Crippen molar-refractivity contribution in [3.05, 3.63) is 64.2 Å². The lowest BCUT2D eigenvalue weighted by Gasteiger charge is -2.07. The molecule has 2 aromatic rings. The molecule has 108 valence electrons. The van der Waals surface area contributed by atoms with Crippen LogP contribution < -0.4 is 5.32 Å². The first-order valence-electron chi connectivity index (χ1n) is 5.67. The SMILES string of the molecule is O=C(Nc1ccc(C(=O)O)c(F)c1)c1ccc(F)c(Cl)c1. The lowest BCUT2D eigenvalue weighted by atomic mass is 10.1. The Kier molecular flexibility index (Phi) is 4.18. The number of amides is 1. The molecule has 0 atom stereocenters. The van der Waals surface area contributed by atoms with E-state index in [0.29, 0.717) is 0 Å². The highest BCUT2D eigenvalue weighted by molar-refractivity contribution is 6.31. The van der Waals surface area contributed by atoms with Crippen LogP contribution in [-0.4, -0.2) is 17.0 Å². The Labute approximate surface area is 123 Å². The molecule has 2 N–H and O–H groups in total. The number of hydrogen-bond acceptors (Lipinski definition) is 2. The predicted octanol–water partition coefficient (Wildman–Crippen LogP) is 3.57. The number of aromatic carboxylic acids is 1. The Balaban J connectivity index is 2.21. The van der Waals surface area contributed by atoms with Crippen molar-refractivity contribution >= 4 is 29.2 Å². The van der Waals surface area contributed by atoms with Gasteiger partial charge in [-0.3, -0.25) is 4.79 Å². The van der Waals surface area contributed by atoms with Gasteiger partial charge in [0.15, 0.2) is 0 Å². The van der Waals surface area contributed by atoms with Gasteiger partial charge in [-0.05, 0) is 36.4 Å². The van der Waals surface area contributed by atoms with Crippen LogP contribution >= 0.6 is 11.6 Å². The second kappa shape index (κ2) is 5.88. The molecular weight excluding hydrogens is 304 g/mol. The summed E-state index contributed by atoms with van der Waals surface area (Å²) in [5.41, 5.74) is -0.343. The maximum absolute atomic E-state index is 13.5. The molecule has 0 heterocycles. The van der Waals surface area contributed by atoms with Gasteiger partial charge in [-0.1, -0.05) is 11.6 Å². The normalized spacial score (nSPS) is 10.2. The summed E-state index contributed by atoms with van der Waals surface area (Å²) in [6.07, 6.45) is 0. The number of carbonyl (C=O) groups excluding carboxylic acids is 1. The summed E-state index contributed by atoms with van der Waals surface area (Å²) in [6, 6.07) is 6.55. The molecule has 0 spiro atoms. The van der Waals surface area contributed by atoms with Gasteiger partial charge in [0.2, 0.25) is 0 Å². The van der Waals surface area contributed by atoms with Crippen molar-refractivity contribution in [1.82, 2.24) is 0 Å². The average Bonchev–Trinajstić information content (AvgIpc) is 2.41. The Hall–Kier alpha value is -2.47. The quantitative estimate of drug-likeness (QED) is 0.910. The van der Waals surface area contributed by atoms with Crippen molar-refractivity contribution in [3.63, 3.8) is 0 Å². The second-order valence-corrected chi connectivity index (χ2v) is 4.49.